The van der Waals surface area contributed by atoms with Gasteiger partial charge in [0.05, 0.1) is 18.8 Å². The van der Waals surface area contributed by atoms with Crippen LogP contribution < -0.4 is 0 Å². The van der Waals surface area contributed by atoms with E-state index in [0.717, 1.165) is 0 Å². The van der Waals surface area contributed by atoms with Crippen LogP contribution in [0.1, 0.15) is 55.4 Å². The molecule has 0 radical (unpaired) electrons. The second-order valence-electron chi connectivity index (χ2n) is 7.99. The molecule has 0 saturated carbocycles. The fraction of sp³-hybridized carbons (Fsp3) is 0.933. The molecule has 1 amide bonds. The molecule has 5 heteroatoms. The number of hydrogen-bond acceptors (Lipinski definition) is 4. The second-order valence-corrected chi connectivity index (χ2v) is 7.99. The Morgan fingerprint density at radius 2 is 1.80 bits per heavy atom. The highest BCUT2D eigenvalue weighted by Gasteiger charge is 2.50. The lowest BCUT2D eigenvalue weighted by atomic mass is 9.84. The molecule has 5 nitrogen and oxygen atoms in total. The lowest BCUT2D eigenvalue weighted by Gasteiger charge is -2.39. The third kappa shape index (κ3) is 3.85. The van der Waals surface area contributed by atoms with Crippen molar-refractivity contribution >= 4 is 6.09 Å². The zero-order valence-corrected chi connectivity index (χ0v) is 14.0. The van der Waals surface area contributed by atoms with Crippen LogP contribution in [0, 0.1) is 5.41 Å². The molecule has 0 bridgehead atoms. The van der Waals surface area contributed by atoms with Gasteiger partial charge in [-0.25, -0.2) is 4.79 Å². The molecule has 1 aliphatic rings. The third-order valence-corrected chi connectivity index (χ3v) is 3.36. The number of amides is 1. The van der Waals surface area contributed by atoms with Crippen LogP contribution in [0.2, 0.25) is 0 Å². The van der Waals surface area contributed by atoms with E-state index in [2.05, 4.69) is 0 Å². The summed E-state index contributed by atoms with van der Waals surface area (Å²) in [7, 11) is 0. The molecule has 0 spiro atoms. The molecule has 2 atom stereocenters. The third-order valence-electron chi connectivity index (χ3n) is 3.36. The summed E-state index contributed by atoms with van der Waals surface area (Å²) in [5.41, 5.74) is -1.69. The lowest BCUT2D eigenvalue weighted by Crippen LogP contribution is -2.55. The van der Waals surface area contributed by atoms with Crippen LogP contribution >= 0.6 is 0 Å². The fourth-order valence-electron chi connectivity index (χ4n) is 2.31. The molecule has 1 saturated heterocycles. The zero-order chi connectivity index (χ0) is 15.9. The van der Waals surface area contributed by atoms with Crippen molar-refractivity contribution in [3.63, 3.8) is 0 Å². The van der Waals surface area contributed by atoms with Gasteiger partial charge in [0.1, 0.15) is 11.3 Å². The molecule has 0 aromatic rings. The molecule has 0 unspecified atom stereocenters. The van der Waals surface area contributed by atoms with Crippen molar-refractivity contribution in [1.29, 1.82) is 0 Å². The van der Waals surface area contributed by atoms with Crippen LogP contribution in [0.4, 0.5) is 4.79 Å². The minimum absolute atomic E-state index is 0.310. The molecular weight excluding hydrogens is 258 g/mol. The van der Waals surface area contributed by atoms with Crippen LogP contribution in [0.5, 0.6) is 0 Å². The first-order valence-electron chi connectivity index (χ1n) is 7.10. The van der Waals surface area contributed by atoms with Crippen molar-refractivity contribution in [3.8, 4) is 0 Å². The highest BCUT2D eigenvalue weighted by Crippen LogP contribution is 2.35. The minimum atomic E-state index is -0.779. The van der Waals surface area contributed by atoms with Crippen LogP contribution in [-0.4, -0.2) is 46.2 Å². The van der Waals surface area contributed by atoms with Crippen LogP contribution in [0.15, 0.2) is 0 Å². The van der Waals surface area contributed by atoms with Crippen molar-refractivity contribution in [2.75, 3.05) is 6.61 Å². The van der Waals surface area contributed by atoms with Crippen molar-refractivity contribution < 1.29 is 19.4 Å². The number of hydrogen-bond donors (Lipinski definition) is 1. The number of carbonyl (C=O) groups excluding carboxylic acids is 1. The smallest absolute Gasteiger partial charge is 0.412 e. The number of aliphatic hydroxyl groups excluding tert-OH is 1. The molecule has 1 heterocycles. The zero-order valence-electron chi connectivity index (χ0n) is 14.0. The summed E-state index contributed by atoms with van der Waals surface area (Å²) in [6, 6.07) is -0.403. The number of aliphatic hydroxyl groups is 1. The summed E-state index contributed by atoms with van der Waals surface area (Å²) in [5, 5.41) is 10.5. The van der Waals surface area contributed by atoms with E-state index < -0.39 is 29.6 Å². The summed E-state index contributed by atoms with van der Waals surface area (Å²) in [4.78, 5) is 14.0. The topological polar surface area (TPSA) is 59.0 Å². The quantitative estimate of drug-likeness (QED) is 0.805. The predicted octanol–water partition coefficient (Wildman–Crippen LogP) is 2.77. The fourth-order valence-corrected chi connectivity index (χ4v) is 2.31. The SMILES string of the molecule is CC(C)(C)OC(=O)N1[C@@H]([C@H](O)C(C)(C)C)COC1(C)C. The Kier molecular flexibility index (Phi) is 4.47. The summed E-state index contributed by atoms with van der Waals surface area (Å²) < 4.78 is 11.1. The van der Waals surface area contributed by atoms with Crippen molar-refractivity contribution in [3.05, 3.63) is 0 Å². The number of rotatable bonds is 1. The van der Waals surface area contributed by atoms with E-state index in [4.69, 9.17) is 9.47 Å². The van der Waals surface area contributed by atoms with Gasteiger partial charge >= 0.3 is 6.09 Å². The Hall–Kier alpha value is -0.810. The monoisotopic (exact) mass is 287 g/mol. The van der Waals surface area contributed by atoms with E-state index in [0.29, 0.717) is 6.61 Å². The summed E-state index contributed by atoms with van der Waals surface area (Å²) in [5.74, 6) is 0. The van der Waals surface area contributed by atoms with E-state index in [1.54, 1.807) is 0 Å². The Morgan fingerprint density at radius 3 is 2.20 bits per heavy atom. The van der Waals surface area contributed by atoms with Gasteiger partial charge < -0.3 is 14.6 Å². The number of nitrogens with zero attached hydrogens (tertiary/aromatic N) is 1. The molecule has 1 aliphatic heterocycles. The second kappa shape index (κ2) is 5.19. The molecule has 20 heavy (non-hydrogen) atoms. The lowest BCUT2D eigenvalue weighted by molar-refractivity contribution is -0.0741. The average molecular weight is 287 g/mol. The molecular formula is C15H29NO4. The number of ether oxygens (including phenoxy) is 2. The van der Waals surface area contributed by atoms with Crippen LogP contribution in [0.3, 0.4) is 0 Å². The Balaban J connectivity index is 3.00. The van der Waals surface area contributed by atoms with E-state index >= 15 is 0 Å². The van der Waals surface area contributed by atoms with Gasteiger partial charge in [-0.2, -0.15) is 0 Å². The van der Waals surface area contributed by atoms with E-state index in [9.17, 15) is 9.90 Å². The van der Waals surface area contributed by atoms with Gasteiger partial charge in [0.25, 0.3) is 0 Å². The summed E-state index contributed by atoms with van der Waals surface area (Å²) in [6.07, 6.45) is -1.13. The average Bonchev–Trinajstić information content (AvgIpc) is 2.48. The van der Waals surface area contributed by atoms with Gasteiger partial charge in [-0.15, -0.1) is 0 Å². The Morgan fingerprint density at radius 1 is 1.30 bits per heavy atom. The van der Waals surface area contributed by atoms with Crippen LogP contribution in [-0.2, 0) is 9.47 Å². The van der Waals surface area contributed by atoms with E-state index in [1.807, 2.05) is 55.4 Å². The standard InChI is InChI=1S/C15H29NO4/c1-13(2,3)11(17)10-9-19-15(7,8)16(10)12(18)20-14(4,5)6/h10-11,17H,9H2,1-8H3/t10-,11+/m1/s1. The maximum absolute atomic E-state index is 12.4. The van der Waals surface area contributed by atoms with Gasteiger partial charge in [0.15, 0.2) is 0 Å². The van der Waals surface area contributed by atoms with Gasteiger partial charge in [0.2, 0.25) is 0 Å². The molecule has 1 rings (SSSR count). The minimum Gasteiger partial charge on any atom is -0.444 e. The number of carbonyl (C=O) groups is 1. The first kappa shape index (κ1) is 17.2. The largest absolute Gasteiger partial charge is 0.444 e. The summed E-state index contributed by atoms with van der Waals surface area (Å²) in [6.45, 7) is 15.2. The normalized spacial score (nSPS) is 24.6. The highest BCUT2D eigenvalue weighted by atomic mass is 16.6. The molecule has 0 aliphatic carbocycles. The highest BCUT2D eigenvalue weighted by molar-refractivity contribution is 5.70. The van der Waals surface area contributed by atoms with Gasteiger partial charge in [0, 0.05) is 0 Å². The molecule has 1 N–H and O–H groups in total. The first-order valence-corrected chi connectivity index (χ1v) is 7.10. The van der Waals surface area contributed by atoms with E-state index in [1.165, 1.54) is 4.90 Å². The molecule has 1 fully saturated rings. The Bertz CT molecular complexity index is 365. The van der Waals surface area contributed by atoms with Crippen LogP contribution in [0.25, 0.3) is 0 Å². The molecule has 0 aromatic carbocycles. The predicted molar refractivity (Wildman–Crippen MR) is 77.4 cm³/mol. The maximum atomic E-state index is 12.4. The van der Waals surface area contributed by atoms with Crippen molar-refractivity contribution in [2.45, 2.75) is 78.9 Å². The van der Waals surface area contributed by atoms with Crippen molar-refractivity contribution in [1.82, 2.24) is 4.90 Å². The first-order chi connectivity index (χ1) is 8.76. The summed E-state index contributed by atoms with van der Waals surface area (Å²) >= 11 is 0. The Labute approximate surface area is 122 Å². The van der Waals surface area contributed by atoms with Crippen molar-refractivity contribution in [2.24, 2.45) is 5.41 Å². The van der Waals surface area contributed by atoms with Gasteiger partial charge in [-0.1, -0.05) is 20.8 Å². The maximum Gasteiger partial charge on any atom is 0.412 e. The van der Waals surface area contributed by atoms with Gasteiger partial charge in [-0.05, 0) is 40.0 Å². The molecule has 118 valence electrons. The van der Waals surface area contributed by atoms with E-state index in [-0.39, 0.29) is 5.41 Å². The van der Waals surface area contributed by atoms with Gasteiger partial charge in [-0.3, -0.25) is 4.90 Å². The molecule has 0 aromatic heterocycles.